The lowest BCUT2D eigenvalue weighted by Crippen LogP contribution is -2.29. The fraction of sp³-hybridized carbons (Fsp3) is 0.143. The van der Waals surface area contributed by atoms with Crippen LogP contribution in [-0.4, -0.2) is 16.2 Å². The van der Waals surface area contributed by atoms with Gasteiger partial charge in [0, 0.05) is 11.2 Å². The molecule has 1 aromatic heterocycles. The van der Waals surface area contributed by atoms with Gasteiger partial charge in [0.25, 0.3) is 0 Å². The lowest BCUT2D eigenvalue weighted by atomic mass is 10.0. The maximum absolute atomic E-state index is 10.9. The number of carboxylic acid groups (broad SMARTS) is 1. The van der Waals surface area contributed by atoms with Crippen molar-refractivity contribution in [2.45, 2.75) is 12.5 Å². The molecule has 5 heteroatoms. The Morgan fingerprint density at radius 1 is 1.32 bits per heavy atom. The van der Waals surface area contributed by atoms with Gasteiger partial charge in [-0.2, -0.15) is 0 Å². The molecule has 0 fully saturated rings. The SMILES string of the molecule is O=C(O)N[C@@H](Cc1ccccc1)c1cc(Cl)ccn1. The van der Waals surface area contributed by atoms with E-state index in [4.69, 9.17) is 16.7 Å². The average Bonchev–Trinajstić information content (AvgIpc) is 2.39. The van der Waals surface area contributed by atoms with Crippen LogP contribution >= 0.6 is 11.6 Å². The van der Waals surface area contributed by atoms with E-state index >= 15 is 0 Å². The first kappa shape index (κ1) is 13.4. The molecule has 0 saturated heterocycles. The van der Waals surface area contributed by atoms with Gasteiger partial charge in [-0.25, -0.2) is 4.79 Å². The van der Waals surface area contributed by atoms with Crippen LogP contribution in [0.4, 0.5) is 4.79 Å². The van der Waals surface area contributed by atoms with Crippen LogP contribution in [0.1, 0.15) is 17.3 Å². The molecule has 1 heterocycles. The molecule has 0 radical (unpaired) electrons. The highest BCUT2D eigenvalue weighted by Crippen LogP contribution is 2.19. The third-order valence-corrected chi connectivity index (χ3v) is 2.92. The minimum Gasteiger partial charge on any atom is -0.465 e. The predicted octanol–water partition coefficient (Wildman–Crippen LogP) is 3.29. The predicted molar refractivity (Wildman–Crippen MR) is 73.3 cm³/mol. The summed E-state index contributed by atoms with van der Waals surface area (Å²) in [5.41, 5.74) is 1.64. The number of aromatic nitrogens is 1. The van der Waals surface area contributed by atoms with Crippen molar-refractivity contribution in [2.75, 3.05) is 0 Å². The van der Waals surface area contributed by atoms with Crippen LogP contribution in [0.3, 0.4) is 0 Å². The van der Waals surface area contributed by atoms with Crippen molar-refractivity contribution < 1.29 is 9.90 Å². The van der Waals surface area contributed by atoms with Gasteiger partial charge in [0.15, 0.2) is 0 Å². The first-order chi connectivity index (χ1) is 9.15. The summed E-state index contributed by atoms with van der Waals surface area (Å²) in [6.07, 6.45) is 1.02. The second kappa shape index (κ2) is 6.20. The van der Waals surface area contributed by atoms with Gasteiger partial charge in [0.1, 0.15) is 0 Å². The van der Waals surface area contributed by atoms with Crippen LogP contribution in [0, 0.1) is 0 Å². The number of nitrogens with one attached hydrogen (secondary N) is 1. The number of nitrogens with zero attached hydrogens (tertiary/aromatic N) is 1. The van der Waals surface area contributed by atoms with Gasteiger partial charge in [0.05, 0.1) is 11.7 Å². The van der Waals surface area contributed by atoms with Gasteiger partial charge >= 0.3 is 6.09 Å². The molecule has 19 heavy (non-hydrogen) atoms. The van der Waals surface area contributed by atoms with E-state index < -0.39 is 12.1 Å². The Morgan fingerprint density at radius 2 is 2.05 bits per heavy atom. The Balaban J connectivity index is 2.23. The fourth-order valence-corrected chi connectivity index (χ4v) is 2.01. The molecule has 98 valence electrons. The first-order valence-corrected chi connectivity index (χ1v) is 6.18. The average molecular weight is 277 g/mol. The van der Waals surface area contributed by atoms with Crippen molar-refractivity contribution in [2.24, 2.45) is 0 Å². The monoisotopic (exact) mass is 276 g/mol. The Bertz CT molecular complexity index is 560. The molecular formula is C14H13ClN2O2. The molecule has 2 N–H and O–H groups in total. The molecule has 0 unspecified atom stereocenters. The van der Waals surface area contributed by atoms with E-state index in [0.29, 0.717) is 17.1 Å². The second-order valence-corrected chi connectivity index (χ2v) is 4.53. The fourth-order valence-electron chi connectivity index (χ4n) is 1.84. The Hall–Kier alpha value is -2.07. The number of halogens is 1. The summed E-state index contributed by atoms with van der Waals surface area (Å²) in [5, 5.41) is 11.9. The summed E-state index contributed by atoms with van der Waals surface area (Å²) in [4.78, 5) is 15.1. The van der Waals surface area contributed by atoms with Crippen molar-refractivity contribution in [1.29, 1.82) is 0 Å². The minimum absolute atomic E-state index is 0.418. The van der Waals surface area contributed by atoms with Crippen molar-refractivity contribution in [3.05, 3.63) is 64.9 Å². The lowest BCUT2D eigenvalue weighted by molar-refractivity contribution is 0.189. The number of carbonyl (C=O) groups is 1. The topological polar surface area (TPSA) is 62.2 Å². The van der Waals surface area contributed by atoms with Crippen LogP contribution in [0.25, 0.3) is 0 Å². The molecule has 0 saturated carbocycles. The van der Waals surface area contributed by atoms with Gasteiger partial charge in [-0.15, -0.1) is 0 Å². The Labute approximate surface area is 116 Å². The third kappa shape index (κ3) is 3.96. The molecule has 0 aliphatic carbocycles. The van der Waals surface area contributed by atoms with E-state index in [1.807, 2.05) is 30.3 Å². The van der Waals surface area contributed by atoms with Crippen molar-refractivity contribution in [3.63, 3.8) is 0 Å². The van der Waals surface area contributed by atoms with Gasteiger partial charge in [0.2, 0.25) is 0 Å². The molecule has 2 aromatic rings. The van der Waals surface area contributed by atoms with Crippen LogP contribution in [0.5, 0.6) is 0 Å². The largest absolute Gasteiger partial charge is 0.465 e. The summed E-state index contributed by atoms with van der Waals surface area (Å²) in [5.74, 6) is 0. The Morgan fingerprint density at radius 3 is 2.68 bits per heavy atom. The second-order valence-electron chi connectivity index (χ2n) is 4.09. The maximum Gasteiger partial charge on any atom is 0.405 e. The molecule has 0 aliphatic heterocycles. The molecule has 4 nitrogen and oxygen atoms in total. The summed E-state index contributed by atoms with van der Waals surface area (Å²) in [6, 6.07) is 12.6. The van der Waals surface area contributed by atoms with Crippen molar-refractivity contribution in [1.82, 2.24) is 10.3 Å². The van der Waals surface area contributed by atoms with Crippen molar-refractivity contribution in [3.8, 4) is 0 Å². The van der Waals surface area contributed by atoms with Gasteiger partial charge in [-0.05, 0) is 24.1 Å². The zero-order valence-electron chi connectivity index (χ0n) is 10.1. The first-order valence-electron chi connectivity index (χ1n) is 5.80. The normalized spacial score (nSPS) is 11.8. The number of rotatable bonds is 4. The van der Waals surface area contributed by atoms with E-state index in [0.717, 1.165) is 5.56 Å². The molecule has 0 aliphatic rings. The quantitative estimate of drug-likeness (QED) is 0.901. The van der Waals surface area contributed by atoms with Crippen LogP contribution in [-0.2, 0) is 6.42 Å². The highest BCUT2D eigenvalue weighted by molar-refractivity contribution is 6.30. The number of amides is 1. The summed E-state index contributed by atoms with van der Waals surface area (Å²) in [6.45, 7) is 0. The molecule has 1 aromatic carbocycles. The van der Waals surface area contributed by atoms with Crippen LogP contribution in [0.2, 0.25) is 5.02 Å². The van der Waals surface area contributed by atoms with Crippen LogP contribution in [0.15, 0.2) is 48.7 Å². The molecule has 1 atom stereocenters. The number of pyridine rings is 1. The maximum atomic E-state index is 10.9. The smallest absolute Gasteiger partial charge is 0.405 e. The summed E-state index contributed by atoms with van der Waals surface area (Å²) < 4.78 is 0. The zero-order chi connectivity index (χ0) is 13.7. The van der Waals surface area contributed by atoms with Gasteiger partial charge in [-0.3, -0.25) is 4.98 Å². The van der Waals surface area contributed by atoms with E-state index in [1.165, 1.54) is 0 Å². The van der Waals surface area contributed by atoms with Crippen molar-refractivity contribution >= 4 is 17.7 Å². The summed E-state index contributed by atoms with van der Waals surface area (Å²) >= 11 is 5.91. The van der Waals surface area contributed by atoms with E-state index in [2.05, 4.69) is 10.3 Å². The minimum atomic E-state index is -1.08. The third-order valence-electron chi connectivity index (χ3n) is 2.68. The lowest BCUT2D eigenvalue weighted by Gasteiger charge is -2.16. The Kier molecular flexibility index (Phi) is 4.36. The van der Waals surface area contributed by atoms with Gasteiger partial charge in [-0.1, -0.05) is 41.9 Å². The number of benzene rings is 1. The molecular weight excluding hydrogens is 264 g/mol. The molecule has 2 rings (SSSR count). The van der Waals surface area contributed by atoms with E-state index in [9.17, 15) is 4.79 Å². The summed E-state index contributed by atoms with van der Waals surface area (Å²) in [7, 11) is 0. The molecule has 0 bridgehead atoms. The molecule has 0 spiro atoms. The van der Waals surface area contributed by atoms with Gasteiger partial charge < -0.3 is 10.4 Å². The van der Waals surface area contributed by atoms with E-state index in [1.54, 1.807) is 18.3 Å². The highest BCUT2D eigenvalue weighted by Gasteiger charge is 2.16. The van der Waals surface area contributed by atoms with Crippen LogP contribution < -0.4 is 5.32 Å². The number of hydrogen-bond acceptors (Lipinski definition) is 2. The number of hydrogen-bond donors (Lipinski definition) is 2. The standard InChI is InChI=1S/C14H13ClN2O2/c15-11-6-7-16-12(9-11)13(17-14(18)19)8-10-4-2-1-3-5-10/h1-7,9,13,17H,8H2,(H,18,19)/t13-/m0/s1. The molecule has 1 amide bonds. The zero-order valence-corrected chi connectivity index (χ0v) is 10.8. The highest BCUT2D eigenvalue weighted by atomic mass is 35.5. The van der Waals surface area contributed by atoms with E-state index in [-0.39, 0.29) is 0 Å².